The second-order valence-corrected chi connectivity index (χ2v) is 5.69. The lowest BCUT2D eigenvalue weighted by atomic mass is 9.86. The highest BCUT2D eigenvalue weighted by Gasteiger charge is 2.30. The number of piperazine rings is 1. The van der Waals surface area contributed by atoms with Crippen molar-refractivity contribution < 1.29 is 19.5 Å². The van der Waals surface area contributed by atoms with Gasteiger partial charge in [0, 0.05) is 18.6 Å². The van der Waals surface area contributed by atoms with Gasteiger partial charge < -0.3 is 20.6 Å². The van der Waals surface area contributed by atoms with E-state index in [0.717, 1.165) is 0 Å². The number of carboxylic acid groups (broad SMARTS) is 1. The fourth-order valence-electron chi connectivity index (χ4n) is 2.84. The van der Waals surface area contributed by atoms with Crippen LogP contribution in [0.3, 0.4) is 0 Å². The Morgan fingerprint density at radius 3 is 2.50 bits per heavy atom. The van der Waals surface area contributed by atoms with Crippen molar-refractivity contribution in [1.82, 2.24) is 15.5 Å². The van der Waals surface area contributed by atoms with Crippen LogP contribution >= 0.6 is 0 Å². The lowest BCUT2D eigenvalue weighted by Crippen LogP contribution is -2.58. The molecule has 1 unspecified atom stereocenters. The minimum atomic E-state index is -0.753. The molecular formula is C13H21N3O4. The minimum Gasteiger partial charge on any atom is -0.481 e. The van der Waals surface area contributed by atoms with Gasteiger partial charge in [0.15, 0.2) is 0 Å². The molecule has 7 nitrogen and oxygen atoms in total. The molecule has 3 N–H and O–H groups in total. The molecule has 3 amide bonds. The molecule has 2 fully saturated rings. The van der Waals surface area contributed by atoms with E-state index in [1.165, 1.54) is 4.90 Å². The van der Waals surface area contributed by atoms with Crippen LogP contribution in [-0.2, 0) is 9.59 Å². The first kappa shape index (κ1) is 14.6. The summed E-state index contributed by atoms with van der Waals surface area (Å²) < 4.78 is 0. The highest BCUT2D eigenvalue weighted by molar-refractivity contribution is 5.85. The molecule has 0 aromatic heterocycles. The van der Waals surface area contributed by atoms with E-state index >= 15 is 0 Å². The molecule has 1 aliphatic heterocycles. The van der Waals surface area contributed by atoms with Crippen molar-refractivity contribution in [1.29, 1.82) is 0 Å². The molecular weight excluding hydrogens is 262 g/mol. The van der Waals surface area contributed by atoms with E-state index in [1.54, 1.807) is 0 Å². The normalized spacial score (nSPS) is 30.6. The van der Waals surface area contributed by atoms with Gasteiger partial charge >= 0.3 is 12.0 Å². The third kappa shape index (κ3) is 3.61. The molecule has 0 bridgehead atoms. The molecule has 1 atom stereocenters. The molecule has 20 heavy (non-hydrogen) atoms. The molecule has 1 heterocycles. The topological polar surface area (TPSA) is 98.7 Å². The number of nitrogens with one attached hydrogen (secondary N) is 2. The molecule has 2 aliphatic rings. The SMILES string of the molecule is CC1CN(C(=O)NC2CCC(C(=O)O)CC2)CC(=O)N1. The van der Waals surface area contributed by atoms with E-state index in [2.05, 4.69) is 10.6 Å². The van der Waals surface area contributed by atoms with Crippen molar-refractivity contribution in [2.24, 2.45) is 5.92 Å². The first-order valence-corrected chi connectivity index (χ1v) is 7.03. The summed E-state index contributed by atoms with van der Waals surface area (Å²) in [5.41, 5.74) is 0. The molecule has 2 rings (SSSR count). The number of hydrogen-bond acceptors (Lipinski definition) is 3. The lowest BCUT2D eigenvalue weighted by molar-refractivity contribution is -0.142. The first-order valence-electron chi connectivity index (χ1n) is 7.03. The fraction of sp³-hybridized carbons (Fsp3) is 0.769. The maximum Gasteiger partial charge on any atom is 0.318 e. The molecule has 0 spiro atoms. The van der Waals surface area contributed by atoms with Crippen LogP contribution in [0, 0.1) is 5.92 Å². The minimum absolute atomic E-state index is 0.0124. The van der Waals surface area contributed by atoms with E-state index < -0.39 is 5.97 Å². The average Bonchev–Trinajstić information content (AvgIpc) is 2.38. The first-order chi connectivity index (χ1) is 9.45. The van der Waals surface area contributed by atoms with Crippen LogP contribution in [0.4, 0.5) is 4.79 Å². The number of aliphatic carboxylic acids is 1. The summed E-state index contributed by atoms with van der Waals surface area (Å²) in [4.78, 5) is 35.9. The van der Waals surface area contributed by atoms with Crippen molar-refractivity contribution in [3.8, 4) is 0 Å². The summed E-state index contributed by atoms with van der Waals surface area (Å²) in [6.45, 7) is 2.44. The molecule has 7 heteroatoms. The number of nitrogens with zero attached hydrogens (tertiary/aromatic N) is 1. The zero-order chi connectivity index (χ0) is 14.7. The Labute approximate surface area is 117 Å². The number of carbonyl (C=O) groups excluding carboxylic acids is 2. The third-order valence-corrected chi connectivity index (χ3v) is 3.93. The quantitative estimate of drug-likeness (QED) is 0.672. The molecule has 1 aliphatic carbocycles. The van der Waals surface area contributed by atoms with Crippen LogP contribution in [0.1, 0.15) is 32.6 Å². The van der Waals surface area contributed by atoms with Gasteiger partial charge in [-0.1, -0.05) is 0 Å². The van der Waals surface area contributed by atoms with E-state index in [9.17, 15) is 14.4 Å². The van der Waals surface area contributed by atoms with Gasteiger partial charge in [-0.25, -0.2) is 4.79 Å². The maximum absolute atomic E-state index is 12.1. The summed E-state index contributed by atoms with van der Waals surface area (Å²) in [6.07, 6.45) is 2.55. The van der Waals surface area contributed by atoms with Gasteiger partial charge in [0.05, 0.1) is 5.92 Å². The van der Waals surface area contributed by atoms with Crippen LogP contribution in [0.15, 0.2) is 0 Å². The second-order valence-electron chi connectivity index (χ2n) is 5.69. The average molecular weight is 283 g/mol. The second kappa shape index (κ2) is 6.11. The van der Waals surface area contributed by atoms with Gasteiger partial charge in [-0.05, 0) is 32.6 Å². The van der Waals surface area contributed by atoms with Gasteiger partial charge in [-0.2, -0.15) is 0 Å². The van der Waals surface area contributed by atoms with Crippen molar-refractivity contribution in [2.75, 3.05) is 13.1 Å². The Kier molecular flexibility index (Phi) is 4.46. The van der Waals surface area contributed by atoms with Crippen LogP contribution < -0.4 is 10.6 Å². The smallest absolute Gasteiger partial charge is 0.318 e. The predicted octanol–water partition coefficient (Wildman–Crippen LogP) is 0.160. The number of hydrogen-bond donors (Lipinski definition) is 3. The third-order valence-electron chi connectivity index (χ3n) is 3.93. The molecule has 0 aromatic carbocycles. The van der Waals surface area contributed by atoms with Crippen molar-refractivity contribution in [2.45, 2.75) is 44.7 Å². The zero-order valence-corrected chi connectivity index (χ0v) is 11.6. The van der Waals surface area contributed by atoms with E-state index in [0.29, 0.717) is 32.2 Å². The van der Waals surface area contributed by atoms with Gasteiger partial charge in [0.2, 0.25) is 5.91 Å². The summed E-state index contributed by atoms with van der Waals surface area (Å²) in [5.74, 6) is -1.19. The number of carbonyl (C=O) groups is 3. The predicted molar refractivity (Wildman–Crippen MR) is 71.1 cm³/mol. The molecule has 1 saturated carbocycles. The monoisotopic (exact) mass is 283 g/mol. The highest BCUT2D eigenvalue weighted by Crippen LogP contribution is 2.24. The van der Waals surface area contributed by atoms with Crippen LogP contribution in [0.25, 0.3) is 0 Å². The molecule has 112 valence electrons. The van der Waals surface area contributed by atoms with E-state index in [-0.39, 0.29) is 36.5 Å². The standard InChI is InChI=1S/C13H21N3O4/c1-8-6-16(7-11(17)14-8)13(20)15-10-4-2-9(3-5-10)12(18)19/h8-10H,2-7H2,1H3,(H,14,17)(H,15,20)(H,18,19). The van der Waals surface area contributed by atoms with Crippen molar-refractivity contribution in [3.05, 3.63) is 0 Å². The van der Waals surface area contributed by atoms with E-state index in [1.807, 2.05) is 6.92 Å². The zero-order valence-electron chi connectivity index (χ0n) is 11.6. The van der Waals surface area contributed by atoms with Gasteiger partial charge in [-0.15, -0.1) is 0 Å². The number of urea groups is 1. The van der Waals surface area contributed by atoms with Gasteiger partial charge in [0.25, 0.3) is 0 Å². The molecule has 1 saturated heterocycles. The number of amides is 3. The summed E-state index contributed by atoms with van der Waals surface area (Å²) in [5, 5.41) is 14.6. The largest absolute Gasteiger partial charge is 0.481 e. The fourth-order valence-corrected chi connectivity index (χ4v) is 2.84. The van der Waals surface area contributed by atoms with Crippen LogP contribution in [0.2, 0.25) is 0 Å². The molecule has 0 aromatic rings. The highest BCUT2D eigenvalue weighted by atomic mass is 16.4. The number of carboxylic acids is 1. The summed E-state index contributed by atoms with van der Waals surface area (Å²) >= 11 is 0. The maximum atomic E-state index is 12.1. The van der Waals surface area contributed by atoms with Gasteiger partial charge in [0.1, 0.15) is 6.54 Å². The van der Waals surface area contributed by atoms with Crippen molar-refractivity contribution >= 4 is 17.9 Å². The Balaban J connectivity index is 1.80. The van der Waals surface area contributed by atoms with Crippen LogP contribution in [-0.4, -0.2) is 53.1 Å². The lowest BCUT2D eigenvalue weighted by Gasteiger charge is -2.34. The Morgan fingerprint density at radius 2 is 1.95 bits per heavy atom. The Morgan fingerprint density at radius 1 is 1.30 bits per heavy atom. The molecule has 0 radical (unpaired) electrons. The number of rotatable bonds is 2. The van der Waals surface area contributed by atoms with Crippen LogP contribution in [0.5, 0.6) is 0 Å². The Hall–Kier alpha value is -1.79. The Bertz CT molecular complexity index is 404. The van der Waals surface area contributed by atoms with Crippen molar-refractivity contribution in [3.63, 3.8) is 0 Å². The van der Waals surface area contributed by atoms with E-state index in [4.69, 9.17) is 5.11 Å². The summed E-state index contributed by atoms with van der Waals surface area (Å²) in [6, 6.07) is -0.256. The van der Waals surface area contributed by atoms with Gasteiger partial charge in [-0.3, -0.25) is 9.59 Å². The summed E-state index contributed by atoms with van der Waals surface area (Å²) in [7, 11) is 0.